The molecule has 0 unspecified atom stereocenters. The zero-order valence-corrected chi connectivity index (χ0v) is 9.50. The van der Waals surface area contributed by atoms with E-state index in [0.29, 0.717) is 13.0 Å². The minimum absolute atomic E-state index is 0.231. The van der Waals surface area contributed by atoms with Crippen molar-refractivity contribution >= 4 is 6.09 Å². The summed E-state index contributed by atoms with van der Waals surface area (Å²) >= 11 is 0. The van der Waals surface area contributed by atoms with Crippen molar-refractivity contribution in [2.75, 3.05) is 6.54 Å². The van der Waals surface area contributed by atoms with Gasteiger partial charge in [-0.1, -0.05) is 30.3 Å². The Kier molecular flexibility index (Phi) is 6.06. The summed E-state index contributed by atoms with van der Waals surface area (Å²) in [7, 11) is 0. The van der Waals surface area contributed by atoms with Gasteiger partial charge in [-0.25, -0.2) is 4.79 Å². The number of hydrogen-bond acceptors (Lipinski definition) is 4. The third-order valence-electron chi connectivity index (χ3n) is 2.12. The highest BCUT2D eigenvalue weighted by Crippen LogP contribution is 2.00. The van der Waals surface area contributed by atoms with Crippen LogP contribution in [0.5, 0.6) is 0 Å². The molecule has 3 N–H and O–H groups in total. The predicted molar refractivity (Wildman–Crippen MR) is 62.1 cm³/mol. The quantitative estimate of drug-likeness (QED) is 0.511. The molecule has 0 fully saturated rings. The van der Waals surface area contributed by atoms with Crippen LogP contribution in [0.3, 0.4) is 0 Å². The lowest BCUT2D eigenvalue weighted by Crippen LogP contribution is -2.25. The molecule has 1 aromatic rings. The molecule has 17 heavy (non-hydrogen) atoms. The Morgan fingerprint density at radius 2 is 2.00 bits per heavy atom. The van der Waals surface area contributed by atoms with Crippen LogP contribution < -0.4 is 5.32 Å². The summed E-state index contributed by atoms with van der Waals surface area (Å²) in [5.74, 6) is 0. The fraction of sp³-hybridized carbons (Fsp3) is 0.417. The van der Waals surface area contributed by atoms with Crippen LogP contribution in [-0.4, -0.2) is 29.1 Å². The molecule has 1 aromatic carbocycles. The molecule has 0 aliphatic rings. The molecule has 0 aliphatic carbocycles. The molecular formula is C12H17NO4. The van der Waals surface area contributed by atoms with E-state index in [1.165, 1.54) is 0 Å². The fourth-order valence-corrected chi connectivity index (χ4v) is 1.25. The van der Waals surface area contributed by atoms with Crippen LogP contribution in [0.4, 0.5) is 4.79 Å². The van der Waals surface area contributed by atoms with Crippen molar-refractivity contribution < 1.29 is 19.7 Å². The molecule has 0 saturated heterocycles. The lowest BCUT2D eigenvalue weighted by atomic mass is 10.2. The highest BCUT2D eigenvalue weighted by atomic mass is 16.5. The van der Waals surface area contributed by atoms with E-state index in [1.807, 2.05) is 30.3 Å². The zero-order chi connectivity index (χ0) is 12.5. The predicted octanol–water partition coefficient (Wildman–Crippen LogP) is 1.00. The van der Waals surface area contributed by atoms with E-state index in [1.54, 1.807) is 0 Å². The van der Waals surface area contributed by atoms with Crippen LogP contribution in [0.15, 0.2) is 30.3 Å². The largest absolute Gasteiger partial charge is 0.445 e. The van der Waals surface area contributed by atoms with Gasteiger partial charge in [0.2, 0.25) is 0 Å². The molecule has 1 rings (SSSR count). The first kappa shape index (κ1) is 13.5. The first-order valence-corrected chi connectivity index (χ1v) is 5.49. The molecule has 0 aromatic heterocycles. The molecule has 1 amide bonds. The van der Waals surface area contributed by atoms with Crippen LogP contribution >= 0.6 is 0 Å². The van der Waals surface area contributed by atoms with Gasteiger partial charge < -0.3 is 20.3 Å². The van der Waals surface area contributed by atoms with E-state index in [-0.39, 0.29) is 13.0 Å². The third-order valence-corrected chi connectivity index (χ3v) is 2.12. The Hall–Kier alpha value is -1.59. The van der Waals surface area contributed by atoms with Crippen LogP contribution in [0.1, 0.15) is 18.4 Å². The van der Waals surface area contributed by atoms with Gasteiger partial charge in [-0.15, -0.1) is 0 Å². The molecule has 0 heterocycles. The van der Waals surface area contributed by atoms with Gasteiger partial charge in [-0.05, 0) is 18.4 Å². The molecule has 0 atom stereocenters. The number of benzene rings is 1. The molecule has 0 saturated carbocycles. The van der Waals surface area contributed by atoms with Gasteiger partial charge in [0, 0.05) is 6.54 Å². The Balaban J connectivity index is 2.09. The summed E-state index contributed by atoms with van der Waals surface area (Å²) in [5.41, 5.74) is 0.924. The summed E-state index contributed by atoms with van der Waals surface area (Å²) in [4.78, 5) is 11.2. The Morgan fingerprint density at radius 1 is 1.29 bits per heavy atom. The maximum Gasteiger partial charge on any atom is 0.407 e. The molecule has 94 valence electrons. The Bertz CT molecular complexity index is 327. The van der Waals surface area contributed by atoms with Crippen molar-refractivity contribution in [3.63, 3.8) is 0 Å². The minimum atomic E-state index is -1.32. The molecule has 0 radical (unpaired) electrons. The van der Waals surface area contributed by atoms with Crippen molar-refractivity contribution in [1.29, 1.82) is 0 Å². The summed E-state index contributed by atoms with van der Waals surface area (Å²) in [6, 6.07) is 9.38. The number of alkyl carbamates (subject to hydrolysis) is 1. The molecule has 0 aliphatic heterocycles. The summed E-state index contributed by atoms with van der Waals surface area (Å²) in [6.07, 6.45) is -1.09. The van der Waals surface area contributed by atoms with Crippen molar-refractivity contribution in [2.24, 2.45) is 0 Å². The zero-order valence-electron chi connectivity index (χ0n) is 9.50. The van der Waals surface area contributed by atoms with Crippen molar-refractivity contribution in [3.8, 4) is 0 Å². The second-order valence-corrected chi connectivity index (χ2v) is 3.61. The standard InChI is InChI=1S/C12H17NO4/c14-11(15)7-4-8-13-12(16)17-9-10-5-2-1-3-6-10/h1-3,5-6,11,14-15H,4,7-9H2,(H,13,16). The first-order chi connectivity index (χ1) is 8.18. The molecule has 5 heteroatoms. The maximum absolute atomic E-state index is 11.2. The van der Waals surface area contributed by atoms with Crippen molar-refractivity contribution in [2.45, 2.75) is 25.7 Å². The number of nitrogens with one attached hydrogen (secondary N) is 1. The van der Waals surface area contributed by atoms with E-state index < -0.39 is 12.4 Å². The van der Waals surface area contributed by atoms with E-state index >= 15 is 0 Å². The van der Waals surface area contributed by atoms with E-state index in [2.05, 4.69) is 5.32 Å². The highest BCUT2D eigenvalue weighted by Gasteiger charge is 2.02. The maximum atomic E-state index is 11.2. The van der Waals surface area contributed by atoms with Gasteiger partial charge in [0.15, 0.2) is 6.29 Å². The summed E-state index contributed by atoms with van der Waals surface area (Å²) < 4.78 is 4.96. The third kappa shape index (κ3) is 6.55. The van der Waals surface area contributed by atoms with Gasteiger partial charge in [0.25, 0.3) is 0 Å². The van der Waals surface area contributed by atoms with Crippen LogP contribution in [-0.2, 0) is 11.3 Å². The van der Waals surface area contributed by atoms with Crippen molar-refractivity contribution in [1.82, 2.24) is 5.32 Å². The van der Waals surface area contributed by atoms with Gasteiger partial charge in [-0.3, -0.25) is 0 Å². The van der Waals surface area contributed by atoms with Crippen LogP contribution in [0.25, 0.3) is 0 Å². The van der Waals surface area contributed by atoms with Gasteiger partial charge in [0.1, 0.15) is 6.61 Å². The average Bonchev–Trinajstić information content (AvgIpc) is 2.33. The summed E-state index contributed by atoms with van der Waals surface area (Å²) in [6.45, 7) is 0.598. The summed E-state index contributed by atoms with van der Waals surface area (Å²) in [5, 5.41) is 19.7. The lowest BCUT2D eigenvalue weighted by molar-refractivity contribution is -0.0461. The SMILES string of the molecule is O=C(NCCCC(O)O)OCc1ccccc1. The second kappa shape index (κ2) is 7.65. The van der Waals surface area contributed by atoms with Gasteiger partial charge in [-0.2, -0.15) is 0 Å². The smallest absolute Gasteiger partial charge is 0.407 e. The molecule has 0 spiro atoms. The van der Waals surface area contributed by atoms with Crippen LogP contribution in [0.2, 0.25) is 0 Å². The first-order valence-electron chi connectivity index (χ1n) is 5.49. The van der Waals surface area contributed by atoms with Crippen molar-refractivity contribution in [3.05, 3.63) is 35.9 Å². The minimum Gasteiger partial charge on any atom is -0.445 e. The van der Waals surface area contributed by atoms with Crippen LogP contribution in [0, 0.1) is 0 Å². The fourth-order valence-electron chi connectivity index (χ4n) is 1.25. The number of aliphatic hydroxyl groups is 2. The number of hydrogen-bond donors (Lipinski definition) is 3. The number of carbonyl (C=O) groups excluding carboxylic acids is 1. The van der Waals surface area contributed by atoms with Gasteiger partial charge >= 0.3 is 6.09 Å². The van der Waals surface area contributed by atoms with E-state index in [0.717, 1.165) is 5.56 Å². The monoisotopic (exact) mass is 239 g/mol. The van der Waals surface area contributed by atoms with Gasteiger partial charge in [0.05, 0.1) is 0 Å². The number of carbonyl (C=O) groups is 1. The highest BCUT2D eigenvalue weighted by molar-refractivity contribution is 5.67. The van der Waals surface area contributed by atoms with E-state index in [9.17, 15) is 4.79 Å². The number of amides is 1. The molecule has 0 bridgehead atoms. The Labute approximate surface area is 100 Å². The second-order valence-electron chi connectivity index (χ2n) is 3.61. The molecule has 5 nitrogen and oxygen atoms in total. The lowest BCUT2D eigenvalue weighted by Gasteiger charge is -2.07. The number of ether oxygens (including phenoxy) is 1. The topological polar surface area (TPSA) is 78.8 Å². The number of aliphatic hydroxyl groups excluding tert-OH is 1. The molecular weight excluding hydrogens is 222 g/mol. The number of rotatable bonds is 6. The van der Waals surface area contributed by atoms with E-state index in [4.69, 9.17) is 14.9 Å². The Morgan fingerprint density at radius 3 is 2.65 bits per heavy atom. The normalized spacial score (nSPS) is 10.3. The average molecular weight is 239 g/mol.